The van der Waals surface area contributed by atoms with Crippen LogP contribution in [0.3, 0.4) is 0 Å². The molecule has 0 aliphatic heterocycles. The van der Waals surface area contributed by atoms with E-state index in [1.807, 2.05) is 31.3 Å². The lowest BCUT2D eigenvalue weighted by atomic mass is 10.0. The largest absolute Gasteiger partial charge is 0.383 e. The summed E-state index contributed by atoms with van der Waals surface area (Å²) in [6, 6.07) is 0. The molecular weight excluding hydrogens is 158 g/mol. The summed E-state index contributed by atoms with van der Waals surface area (Å²) in [6.07, 6.45) is 10.5. The Morgan fingerprint density at radius 1 is 1.15 bits per heavy atom. The molecule has 0 bridgehead atoms. The van der Waals surface area contributed by atoms with Gasteiger partial charge in [0.2, 0.25) is 0 Å². The van der Waals surface area contributed by atoms with Gasteiger partial charge < -0.3 is 4.90 Å². The van der Waals surface area contributed by atoms with Gasteiger partial charge in [-0.05, 0) is 30.7 Å². The van der Waals surface area contributed by atoms with Gasteiger partial charge in [-0.2, -0.15) is 0 Å². The molecule has 0 amide bonds. The van der Waals surface area contributed by atoms with Crippen LogP contribution in [0, 0.1) is 5.92 Å². The van der Waals surface area contributed by atoms with Crippen LogP contribution in [0.2, 0.25) is 0 Å². The van der Waals surface area contributed by atoms with Crippen molar-refractivity contribution in [3.05, 3.63) is 36.1 Å². The Hall–Kier alpha value is -0.980. The van der Waals surface area contributed by atoms with Crippen LogP contribution in [-0.4, -0.2) is 19.0 Å². The van der Waals surface area contributed by atoms with E-state index in [2.05, 4.69) is 39.0 Å². The van der Waals surface area contributed by atoms with Gasteiger partial charge in [0.15, 0.2) is 0 Å². The maximum absolute atomic E-state index is 2.20. The quantitative estimate of drug-likeness (QED) is 0.599. The molecule has 0 rings (SSSR count). The van der Waals surface area contributed by atoms with Gasteiger partial charge in [-0.3, -0.25) is 0 Å². The third-order valence-corrected chi connectivity index (χ3v) is 1.78. The van der Waals surface area contributed by atoms with Crippen LogP contribution in [0.4, 0.5) is 0 Å². The molecule has 0 aromatic rings. The van der Waals surface area contributed by atoms with Crippen LogP contribution in [-0.2, 0) is 0 Å². The highest BCUT2D eigenvalue weighted by Crippen LogP contribution is 2.10. The van der Waals surface area contributed by atoms with Gasteiger partial charge in [-0.15, -0.1) is 0 Å². The molecule has 0 aromatic heterocycles. The average molecular weight is 179 g/mol. The minimum Gasteiger partial charge on any atom is -0.383 e. The Labute approximate surface area is 82.4 Å². The summed E-state index contributed by atoms with van der Waals surface area (Å²) < 4.78 is 0. The zero-order valence-electron chi connectivity index (χ0n) is 9.41. The molecule has 0 unspecified atom stereocenters. The van der Waals surface area contributed by atoms with E-state index >= 15 is 0 Å². The molecule has 0 aliphatic rings. The second-order valence-corrected chi connectivity index (χ2v) is 3.61. The minimum absolute atomic E-state index is 0.606. The van der Waals surface area contributed by atoms with E-state index in [9.17, 15) is 0 Å². The fraction of sp³-hybridized carbons (Fsp3) is 0.500. The summed E-state index contributed by atoms with van der Waals surface area (Å²) >= 11 is 0. The normalized spacial score (nSPS) is 13.5. The van der Waals surface area contributed by atoms with Gasteiger partial charge in [0, 0.05) is 14.1 Å². The van der Waals surface area contributed by atoms with Crippen LogP contribution >= 0.6 is 0 Å². The Morgan fingerprint density at radius 2 is 1.77 bits per heavy atom. The molecule has 0 spiro atoms. The van der Waals surface area contributed by atoms with E-state index in [1.165, 1.54) is 5.57 Å². The fourth-order valence-electron chi connectivity index (χ4n) is 1.01. The van der Waals surface area contributed by atoms with E-state index in [-0.39, 0.29) is 0 Å². The van der Waals surface area contributed by atoms with E-state index in [0.29, 0.717) is 5.92 Å². The molecule has 0 atom stereocenters. The van der Waals surface area contributed by atoms with Crippen molar-refractivity contribution in [1.82, 2.24) is 4.90 Å². The van der Waals surface area contributed by atoms with Crippen LogP contribution in [0.1, 0.15) is 20.8 Å². The van der Waals surface area contributed by atoms with Gasteiger partial charge in [0.05, 0.1) is 0 Å². The standard InChI is InChI=1S/C12H21N/c1-6-12(11(2)3)9-7-8-10-13(4)5/h6-11H,1-5H3/b9-7-,10-8+,12-6+. The molecule has 0 radical (unpaired) electrons. The summed E-state index contributed by atoms with van der Waals surface area (Å²) in [5, 5.41) is 0. The molecule has 0 saturated heterocycles. The molecule has 0 saturated carbocycles. The molecule has 74 valence electrons. The van der Waals surface area contributed by atoms with Crippen molar-refractivity contribution in [3.8, 4) is 0 Å². The van der Waals surface area contributed by atoms with Crippen LogP contribution in [0.25, 0.3) is 0 Å². The van der Waals surface area contributed by atoms with Gasteiger partial charge >= 0.3 is 0 Å². The number of hydrogen-bond acceptors (Lipinski definition) is 1. The zero-order chi connectivity index (χ0) is 10.3. The summed E-state index contributed by atoms with van der Waals surface area (Å²) in [6.45, 7) is 6.49. The Morgan fingerprint density at radius 3 is 2.15 bits per heavy atom. The van der Waals surface area contributed by atoms with E-state index in [0.717, 1.165) is 0 Å². The molecule has 13 heavy (non-hydrogen) atoms. The fourth-order valence-corrected chi connectivity index (χ4v) is 1.01. The van der Waals surface area contributed by atoms with Crippen molar-refractivity contribution < 1.29 is 0 Å². The highest BCUT2D eigenvalue weighted by atomic mass is 15.0. The van der Waals surface area contributed by atoms with Gasteiger partial charge in [0.25, 0.3) is 0 Å². The van der Waals surface area contributed by atoms with Crippen LogP contribution < -0.4 is 0 Å². The molecular formula is C12H21N. The highest BCUT2D eigenvalue weighted by molar-refractivity contribution is 5.22. The first-order valence-electron chi connectivity index (χ1n) is 4.75. The molecule has 0 heterocycles. The van der Waals surface area contributed by atoms with E-state index in [1.54, 1.807) is 0 Å². The number of hydrogen-bond donors (Lipinski definition) is 0. The number of allylic oxidation sites excluding steroid dienone is 5. The van der Waals surface area contributed by atoms with Crippen LogP contribution in [0.5, 0.6) is 0 Å². The van der Waals surface area contributed by atoms with Crippen molar-refractivity contribution in [1.29, 1.82) is 0 Å². The first-order chi connectivity index (χ1) is 6.07. The first kappa shape index (κ1) is 12.0. The molecule has 1 heteroatoms. The monoisotopic (exact) mass is 179 g/mol. The predicted octanol–water partition coefficient (Wildman–Crippen LogP) is 3.22. The SMILES string of the molecule is C\C=C(/C=C\C=C\N(C)C)C(C)C. The summed E-state index contributed by atoms with van der Waals surface area (Å²) in [7, 11) is 4.03. The van der Waals surface area contributed by atoms with Gasteiger partial charge in [-0.25, -0.2) is 0 Å². The maximum atomic E-state index is 2.20. The smallest absolute Gasteiger partial charge is 0.00556 e. The lowest BCUT2D eigenvalue weighted by Crippen LogP contribution is -1.99. The number of rotatable bonds is 4. The minimum atomic E-state index is 0.606. The topological polar surface area (TPSA) is 3.24 Å². The van der Waals surface area contributed by atoms with Crippen molar-refractivity contribution in [2.24, 2.45) is 5.92 Å². The van der Waals surface area contributed by atoms with E-state index < -0.39 is 0 Å². The second-order valence-electron chi connectivity index (χ2n) is 3.61. The van der Waals surface area contributed by atoms with Gasteiger partial charge in [0.1, 0.15) is 0 Å². The summed E-state index contributed by atoms with van der Waals surface area (Å²) in [4.78, 5) is 2.02. The zero-order valence-corrected chi connectivity index (χ0v) is 9.41. The lowest BCUT2D eigenvalue weighted by Gasteiger charge is -2.04. The molecule has 0 fully saturated rings. The Bertz CT molecular complexity index is 207. The molecule has 0 N–H and O–H groups in total. The third kappa shape index (κ3) is 6.21. The summed E-state index contributed by atoms with van der Waals surface area (Å²) in [5.41, 5.74) is 1.38. The average Bonchev–Trinajstić information content (AvgIpc) is 2.03. The van der Waals surface area contributed by atoms with Gasteiger partial charge in [-0.1, -0.05) is 32.1 Å². The van der Waals surface area contributed by atoms with E-state index in [4.69, 9.17) is 0 Å². The Kier molecular flexibility index (Phi) is 6.03. The maximum Gasteiger partial charge on any atom is 0.00556 e. The van der Waals surface area contributed by atoms with Crippen molar-refractivity contribution >= 4 is 0 Å². The van der Waals surface area contributed by atoms with Crippen molar-refractivity contribution in [3.63, 3.8) is 0 Å². The third-order valence-electron chi connectivity index (χ3n) is 1.78. The molecule has 0 aliphatic carbocycles. The van der Waals surface area contributed by atoms with Crippen molar-refractivity contribution in [2.45, 2.75) is 20.8 Å². The number of nitrogens with zero attached hydrogens (tertiary/aromatic N) is 1. The molecule has 1 nitrogen and oxygen atoms in total. The second kappa shape index (κ2) is 6.53. The van der Waals surface area contributed by atoms with Crippen molar-refractivity contribution in [2.75, 3.05) is 14.1 Å². The first-order valence-corrected chi connectivity index (χ1v) is 4.75. The summed E-state index contributed by atoms with van der Waals surface area (Å²) in [5.74, 6) is 0.606. The lowest BCUT2D eigenvalue weighted by molar-refractivity contribution is 0.564. The van der Waals surface area contributed by atoms with Crippen LogP contribution in [0.15, 0.2) is 36.1 Å². The molecule has 0 aromatic carbocycles. The highest BCUT2D eigenvalue weighted by Gasteiger charge is 1.94. The Balaban J connectivity index is 4.10. The predicted molar refractivity (Wildman–Crippen MR) is 60.6 cm³/mol.